The van der Waals surface area contributed by atoms with Crippen molar-refractivity contribution in [2.75, 3.05) is 11.1 Å². The number of hydrogen-bond acceptors (Lipinski definition) is 5. The van der Waals surface area contributed by atoms with Crippen LogP contribution in [0, 0.1) is 11.6 Å². The number of furan rings is 1. The van der Waals surface area contributed by atoms with Crippen LogP contribution in [0.15, 0.2) is 58.1 Å². The van der Waals surface area contributed by atoms with Crippen LogP contribution < -0.4 is 5.32 Å². The summed E-state index contributed by atoms with van der Waals surface area (Å²) in [5.41, 5.74) is 0.670. The molecule has 0 saturated carbocycles. The van der Waals surface area contributed by atoms with E-state index in [9.17, 15) is 13.6 Å². The summed E-state index contributed by atoms with van der Waals surface area (Å²) in [7, 11) is 1.77. The van der Waals surface area contributed by atoms with Crippen molar-refractivity contribution < 1.29 is 18.0 Å². The van der Waals surface area contributed by atoms with E-state index in [1.807, 2.05) is 30.3 Å². The number of fused-ring (bicyclic) bond motifs is 1. The summed E-state index contributed by atoms with van der Waals surface area (Å²) in [6.45, 7) is 0. The standard InChI is InChI=1S/C19H14F2N4O2S/c1-25-18(16-8-11-4-2-3-5-15(11)27-16)23-24-19(25)28-10-17(26)22-14-7-6-12(20)9-13(14)21/h2-9H,10H2,1H3,(H,22,26). The second kappa shape index (κ2) is 7.43. The third-order valence-corrected chi connectivity index (χ3v) is 5.04. The number of nitrogens with one attached hydrogen (secondary N) is 1. The molecule has 0 spiro atoms. The first-order valence-electron chi connectivity index (χ1n) is 8.27. The van der Waals surface area contributed by atoms with Crippen molar-refractivity contribution in [2.24, 2.45) is 7.05 Å². The molecule has 0 aliphatic carbocycles. The predicted molar refractivity (Wildman–Crippen MR) is 102 cm³/mol. The zero-order valence-electron chi connectivity index (χ0n) is 14.6. The van der Waals surface area contributed by atoms with Crippen LogP contribution in [0.4, 0.5) is 14.5 Å². The fourth-order valence-electron chi connectivity index (χ4n) is 2.65. The monoisotopic (exact) mass is 400 g/mol. The highest BCUT2D eigenvalue weighted by Gasteiger charge is 2.17. The summed E-state index contributed by atoms with van der Waals surface area (Å²) in [6, 6.07) is 12.4. The predicted octanol–water partition coefficient (Wildman–Crippen LogP) is 4.24. The molecule has 0 atom stereocenters. The topological polar surface area (TPSA) is 73.0 Å². The Hall–Kier alpha value is -3.20. The number of thioether (sulfide) groups is 1. The molecule has 0 aliphatic heterocycles. The Bertz CT molecular complexity index is 1140. The summed E-state index contributed by atoms with van der Waals surface area (Å²) in [5.74, 6) is -0.886. The molecule has 2 aromatic heterocycles. The second-order valence-electron chi connectivity index (χ2n) is 5.97. The third kappa shape index (κ3) is 3.61. The molecule has 0 saturated heterocycles. The van der Waals surface area contributed by atoms with Crippen LogP contribution in [0.1, 0.15) is 0 Å². The number of nitrogens with zero attached hydrogens (tertiary/aromatic N) is 3. The lowest BCUT2D eigenvalue weighted by Crippen LogP contribution is -2.15. The van der Waals surface area contributed by atoms with E-state index in [1.54, 1.807) is 11.6 Å². The zero-order valence-corrected chi connectivity index (χ0v) is 15.5. The van der Waals surface area contributed by atoms with Gasteiger partial charge in [-0.05, 0) is 24.3 Å². The molecule has 1 amide bonds. The van der Waals surface area contributed by atoms with Crippen LogP contribution in [0.2, 0.25) is 0 Å². The molecule has 0 aliphatic rings. The number of anilines is 1. The fraction of sp³-hybridized carbons (Fsp3) is 0.105. The number of hydrogen-bond donors (Lipinski definition) is 1. The van der Waals surface area contributed by atoms with E-state index in [0.717, 1.165) is 28.8 Å². The molecule has 142 valence electrons. The van der Waals surface area contributed by atoms with Gasteiger partial charge < -0.3 is 14.3 Å². The minimum atomic E-state index is -0.829. The number of amides is 1. The fourth-order valence-corrected chi connectivity index (χ4v) is 3.37. The number of halogens is 2. The van der Waals surface area contributed by atoms with Crippen molar-refractivity contribution in [3.05, 3.63) is 60.2 Å². The van der Waals surface area contributed by atoms with Crippen molar-refractivity contribution in [3.63, 3.8) is 0 Å². The SMILES string of the molecule is Cn1c(SCC(=O)Nc2ccc(F)cc2F)nnc1-c1cc2ccccc2o1. The van der Waals surface area contributed by atoms with E-state index in [0.29, 0.717) is 22.8 Å². The maximum Gasteiger partial charge on any atom is 0.234 e. The Morgan fingerprint density at radius 2 is 2.00 bits per heavy atom. The largest absolute Gasteiger partial charge is 0.453 e. The van der Waals surface area contributed by atoms with Crippen LogP contribution in [-0.4, -0.2) is 26.4 Å². The molecule has 1 N–H and O–H groups in total. The third-order valence-electron chi connectivity index (χ3n) is 4.02. The van der Waals surface area contributed by atoms with Crippen LogP contribution in [-0.2, 0) is 11.8 Å². The summed E-state index contributed by atoms with van der Waals surface area (Å²) in [4.78, 5) is 12.1. The smallest absolute Gasteiger partial charge is 0.234 e. The highest BCUT2D eigenvalue weighted by atomic mass is 32.2. The van der Waals surface area contributed by atoms with Crippen molar-refractivity contribution in [3.8, 4) is 11.6 Å². The highest BCUT2D eigenvalue weighted by molar-refractivity contribution is 7.99. The molecule has 9 heteroatoms. The zero-order chi connectivity index (χ0) is 19.7. The quantitative estimate of drug-likeness (QED) is 0.508. The van der Waals surface area contributed by atoms with Gasteiger partial charge in [0, 0.05) is 18.5 Å². The van der Waals surface area contributed by atoms with Gasteiger partial charge in [0.1, 0.15) is 17.2 Å². The summed E-state index contributed by atoms with van der Waals surface area (Å²) >= 11 is 1.14. The first kappa shape index (κ1) is 18.2. The van der Waals surface area contributed by atoms with Gasteiger partial charge in [-0.2, -0.15) is 0 Å². The first-order chi connectivity index (χ1) is 13.5. The first-order valence-corrected chi connectivity index (χ1v) is 9.26. The molecule has 4 aromatic rings. The number of rotatable bonds is 5. The average molecular weight is 400 g/mol. The van der Waals surface area contributed by atoms with Gasteiger partial charge in [-0.25, -0.2) is 8.78 Å². The van der Waals surface area contributed by atoms with Gasteiger partial charge in [-0.15, -0.1) is 10.2 Å². The molecule has 6 nitrogen and oxygen atoms in total. The number of para-hydroxylation sites is 1. The Morgan fingerprint density at radius 1 is 1.18 bits per heavy atom. The lowest BCUT2D eigenvalue weighted by Gasteiger charge is -2.06. The van der Waals surface area contributed by atoms with Gasteiger partial charge >= 0.3 is 0 Å². The molecule has 2 heterocycles. The molecule has 0 bridgehead atoms. The number of carbonyl (C=O) groups is 1. The second-order valence-corrected chi connectivity index (χ2v) is 6.92. The van der Waals surface area contributed by atoms with Crippen LogP contribution in [0.5, 0.6) is 0 Å². The number of aromatic nitrogens is 3. The Kier molecular flexibility index (Phi) is 4.82. The number of benzene rings is 2. The van der Waals surface area contributed by atoms with Gasteiger partial charge in [0.2, 0.25) is 5.91 Å². The lowest BCUT2D eigenvalue weighted by atomic mass is 10.2. The molecule has 0 unspecified atom stereocenters. The minimum absolute atomic E-state index is 0.0110. The van der Waals surface area contributed by atoms with Crippen molar-refractivity contribution in [1.29, 1.82) is 0 Å². The Labute approximate surface area is 162 Å². The van der Waals surface area contributed by atoms with Crippen molar-refractivity contribution >= 4 is 34.3 Å². The maximum absolute atomic E-state index is 13.6. The van der Waals surface area contributed by atoms with E-state index >= 15 is 0 Å². The molecule has 0 fully saturated rings. The van der Waals surface area contributed by atoms with Gasteiger partial charge in [-0.1, -0.05) is 30.0 Å². The molecular formula is C19H14F2N4O2S. The minimum Gasteiger partial charge on any atom is -0.453 e. The van der Waals surface area contributed by atoms with Gasteiger partial charge in [0.05, 0.1) is 11.4 Å². The Morgan fingerprint density at radius 3 is 2.79 bits per heavy atom. The van der Waals surface area contributed by atoms with Crippen LogP contribution in [0.25, 0.3) is 22.6 Å². The molecule has 0 radical (unpaired) electrons. The molecule has 2 aromatic carbocycles. The van der Waals surface area contributed by atoms with Gasteiger partial charge in [0.25, 0.3) is 0 Å². The van der Waals surface area contributed by atoms with E-state index in [2.05, 4.69) is 15.5 Å². The van der Waals surface area contributed by atoms with Gasteiger partial charge in [-0.3, -0.25) is 4.79 Å². The van der Waals surface area contributed by atoms with E-state index < -0.39 is 17.5 Å². The van der Waals surface area contributed by atoms with E-state index in [1.165, 1.54) is 6.07 Å². The normalized spacial score (nSPS) is 11.1. The van der Waals surface area contributed by atoms with E-state index in [-0.39, 0.29) is 11.4 Å². The van der Waals surface area contributed by atoms with Crippen molar-refractivity contribution in [2.45, 2.75) is 5.16 Å². The van der Waals surface area contributed by atoms with E-state index in [4.69, 9.17) is 4.42 Å². The van der Waals surface area contributed by atoms with Crippen LogP contribution in [0.3, 0.4) is 0 Å². The average Bonchev–Trinajstić information content (AvgIpc) is 3.25. The van der Waals surface area contributed by atoms with Crippen LogP contribution >= 0.6 is 11.8 Å². The maximum atomic E-state index is 13.6. The molecule has 28 heavy (non-hydrogen) atoms. The summed E-state index contributed by atoms with van der Waals surface area (Å²) < 4.78 is 34.1. The molecular weight excluding hydrogens is 386 g/mol. The van der Waals surface area contributed by atoms with Crippen molar-refractivity contribution in [1.82, 2.24) is 14.8 Å². The Balaban J connectivity index is 1.45. The molecule has 4 rings (SSSR count). The summed E-state index contributed by atoms with van der Waals surface area (Å²) in [5, 5.41) is 12.1. The van der Waals surface area contributed by atoms with Gasteiger partial charge in [0.15, 0.2) is 16.7 Å². The number of carbonyl (C=O) groups excluding carboxylic acids is 1. The highest BCUT2D eigenvalue weighted by Crippen LogP contribution is 2.28. The lowest BCUT2D eigenvalue weighted by molar-refractivity contribution is -0.113. The summed E-state index contributed by atoms with van der Waals surface area (Å²) in [6.07, 6.45) is 0.